The molecule has 1 saturated heterocycles. The van der Waals surface area contributed by atoms with Gasteiger partial charge in [0.1, 0.15) is 5.75 Å². The molecule has 230 valence electrons. The number of anilines is 1. The number of pyridine rings is 1. The Labute approximate surface area is 264 Å². The second kappa shape index (κ2) is 14.6. The van der Waals surface area contributed by atoms with E-state index < -0.39 is 17.6 Å². The van der Waals surface area contributed by atoms with Crippen LogP contribution >= 0.6 is 23.2 Å². The fourth-order valence-corrected chi connectivity index (χ4v) is 5.45. The first-order valence-electron chi connectivity index (χ1n) is 14.1. The largest absolute Gasteiger partial charge is 0.493 e. The molecular weight excluding hydrogens is 610 g/mol. The normalized spacial score (nSPS) is 13.4. The van der Waals surface area contributed by atoms with Gasteiger partial charge in [-0.15, -0.1) is 0 Å². The van der Waals surface area contributed by atoms with Crippen LogP contribution in [0.25, 0.3) is 10.9 Å². The summed E-state index contributed by atoms with van der Waals surface area (Å²) in [5.41, 5.74) is 1.34. The molecule has 44 heavy (non-hydrogen) atoms. The van der Waals surface area contributed by atoms with E-state index in [0.717, 1.165) is 32.0 Å². The van der Waals surface area contributed by atoms with Crippen LogP contribution in [0.4, 0.5) is 10.1 Å². The topological polar surface area (TPSA) is 111 Å². The number of hydrogen-bond acceptors (Lipinski definition) is 7. The molecule has 1 aromatic heterocycles. The van der Waals surface area contributed by atoms with E-state index in [-0.39, 0.29) is 18.0 Å². The van der Waals surface area contributed by atoms with Crippen molar-refractivity contribution in [2.45, 2.75) is 19.3 Å². The fraction of sp³-hybridized carbons (Fsp3) is 0.281. The lowest BCUT2D eigenvalue weighted by atomic mass is 9.99. The number of nitrogens with zero attached hydrogens (tertiary/aromatic N) is 1. The lowest BCUT2D eigenvalue weighted by Crippen LogP contribution is -2.36. The van der Waals surface area contributed by atoms with Crippen LogP contribution in [0.3, 0.4) is 0 Å². The number of benzene rings is 3. The second-order valence-corrected chi connectivity index (χ2v) is 11.1. The molecule has 1 aliphatic rings. The maximum absolute atomic E-state index is 15.1. The quantitative estimate of drug-likeness (QED) is 0.178. The molecule has 4 aromatic rings. The molecule has 2 heterocycles. The van der Waals surface area contributed by atoms with Crippen molar-refractivity contribution in [1.29, 1.82) is 0 Å². The third-order valence-electron chi connectivity index (χ3n) is 7.26. The van der Waals surface area contributed by atoms with Crippen LogP contribution in [-0.4, -0.2) is 50.1 Å². The summed E-state index contributed by atoms with van der Waals surface area (Å²) in [6.07, 6.45) is 3.99. The summed E-state index contributed by atoms with van der Waals surface area (Å²) in [6, 6.07) is 14.1. The van der Waals surface area contributed by atoms with E-state index in [0.29, 0.717) is 62.7 Å². The average Bonchev–Trinajstić information content (AvgIpc) is 3.02. The number of halogens is 3. The minimum absolute atomic E-state index is 0.0817. The van der Waals surface area contributed by atoms with Crippen LogP contribution < -0.4 is 30.2 Å². The summed E-state index contributed by atoms with van der Waals surface area (Å²) in [5.74, 6) is -0.756. The molecule has 0 saturated carbocycles. The summed E-state index contributed by atoms with van der Waals surface area (Å²) in [7, 11) is 1.55. The SMILES string of the molecule is COc1cc2c(Oc3ccc(NC(=O)C(=O)NCCc4c(Cl)cccc4Cl)cc3F)ccnc2cc1OCC1CCNCC1. The average molecular weight is 642 g/mol. The van der Waals surface area contributed by atoms with Crippen LogP contribution in [0, 0.1) is 11.7 Å². The predicted octanol–water partition coefficient (Wildman–Crippen LogP) is 6.16. The van der Waals surface area contributed by atoms with Gasteiger partial charge in [-0.1, -0.05) is 29.3 Å². The van der Waals surface area contributed by atoms with Gasteiger partial charge in [-0.05, 0) is 80.2 Å². The van der Waals surface area contributed by atoms with E-state index in [4.69, 9.17) is 37.4 Å². The number of ether oxygens (including phenoxy) is 3. The summed E-state index contributed by atoms with van der Waals surface area (Å²) in [4.78, 5) is 29.1. The van der Waals surface area contributed by atoms with Crippen LogP contribution in [0.1, 0.15) is 18.4 Å². The Hall–Kier alpha value is -4.12. The molecule has 9 nitrogen and oxygen atoms in total. The van der Waals surface area contributed by atoms with E-state index in [9.17, 15) is 9.59 Å². The lowest BCUT2D eigenvalue weighted by molar-refractivity contribution is -0.136. The summed E-state index contributed by atoms with van der Waals surface area (Å²) < 4.78 is 32.7. The van der Waals surface area contributed by atoms with Crippen LogP contribution in [0.15, 0.2) is 60.8 Å². The number of fused-ring (bicyclic) bond motifs is 1. The Bertz CT molecular complexity index is 1650. The molecule has 3 N–H and O–H groups in total. The standard InChI is InChI=1S/C32H31Cl2FN4O5/c1-42-29-16-22-26(17-30(29)43-18-19-7-11-36-12-8-19)37-14-10-27(22)44-28-6-5-20(15-25(28)35)39-32(41)31(40)38-13-9-21-23(33)3-2-4-24(21)34/h2-6,10,14-17,19,36H,7-9,11-13,18H2,1H3,(H,38,40)(H,39,41). The van der Waals surface area contributed by atoms with E-state index in [2.05, 4.69) is 20.9 Å². The van der Waals surface area contributed by atoms with E-state index in [1.54, 1.807) is 49.7 Å². The number of methoxy groups -OCH3 is 1. The van der Waals surface area contributed by atoms with Crippen LogP contribution in [0.5, 0.6) is 23.0 Å². The van der Waals surface area contributed by atoms with Crippen molar-refractivity contribution in [2.75, 3.05) is 38.7 Å². The van der Waals surface area contributed by atoms with Crippen molar-refractivity contribution in [3.05, 3.63) is 82.2 Å². The van der Waals surface area contributed by atoms with Crippen LogP contribution in [0.2, 0.25) is 10.0 Å². The molecule has 2 amide bonds. The summed E-state index contributed by atoms with van der Waals surface area (Å²) in [6.45, 7) is 2.66. The van der Waals surface area contributed by atoms with Gasteiger partial charge in [0, 0.05) is 46.0 Å². The number of nitrogens with one attached hydrogen (secondary N) is 3. The fourth-order valence-electron chi connectivity index (χ4n) is 4.87. The van der Waals surface area contributed by atoms with Crippen molar-refractivity contribution < 1.29 is 28.2 Å². The van der Waals surface area contributed by atoms with Crippen molar-refractivity contribution in [1.82, 2.24) is 15.6 Å². The molecule has 0 bridgehead atoms. The highest BCUT2D eigenvalue weighted by atomic mass is 35.5. The number of piperidine rings is 1. The highest BCUT2D eigenvalue weighted by Crippen LogP contribution is 2.38. The molecule has 0 spiro atoms. The molecule has 0 unspecified atom stereocenters. The monoisotopic (exact) mass is 640 g/mol. The number of amides is 2. The number of hydrogen-bond donors (Lipinski definition) is 3. The van der Waals surface area contributed by atoms with Gasteiger partial charge in [0.25, 0.3) is 0 Å². The van der Waals surface area contributed by atoms with E-state index in [1.165, 1.54) is 12.1 Å². The van der Waals surface area contributed by atoms with Crippen molar-refractivity contribution in [2.24, 2.45) is 5.92 Å². The van der Waals surface area contributed by atoms with Crippen molar-refractivity contribution in [3.63, 3.8) is 0 Å². The van der Waals surface area contributed by atoms with Crippen molar-refractivity contribution >= 4 is 51.6 Å². The van der Waals surface area contributed by atoms with Gasteiger partial charge in [-0.25, -0.2) is 4.39 Å². The van der Waals surface area contributed by atoms with E-state index in [1.807, 2.05) is 0 Å². The number of carbonyl (C=O) groups is 2. The predicted molar refractivity (Wildman–Crippen MR) is 168 cm³/mol. The first kappa shape index (κ1) is 31.3. The first-order chi connectivity index (χ1) is 21.3. The van der Waals surface area contributed by atoms with Crippen LogP contribution in [-0.2, 0) is 16.0 Å². The molecule has 0 radical (unpaired) electrons. The van der Waals surface area contributed by atoms with Crippen molar-refractivity contribution in [3.8, 4) is 23.0 Å². The lowest BCUT2D eigenvalue weighted by Gasteiger charge is -2.23. The zero-order chi connectivity index (χ0) is 31.1. The molecule has 12 heteroatoms. The van der Waals surface area contributed by atoms with Gasteiger partial charge in [0.2, 0.25) is 0 Å². The smallest absolute Gasteiger partial charge is 0.313 e. The number of aromatic nitrogens is 1. The zero-order valence-electron chi connectivity index (χ0n) is 23.9. The number of rotatable bonds is 10. The highest BCUT2D eigenvalue weighted by molar-refractivity contribution is 6.39. The summed E-state index contributed by atoms with van der Waals surface area (Å²) >= 11 is 12.3. The van der Waals surface area contributed by atoms with Gasteiger partial charge in [0.05, 0.1) is 19.2 Å². The maximum atomic E-state index is 15.1. The highest BCUT2D eigenvalue weighted by Gasteiger charge is 2.19. The Morgan fingerprint density at radius 3 is 2.48 bits per heavy atom. The van der Waals surface area contributed by atoms with Gasteiger partial charge in [-0.3, -0.25) is 14.6 Å². The molecule has 1 fully saturated rings. The molecule has 3 aromatic carbocycles. The molecule has 5 rings (SSSR count). The minimum atomic E-state index is -0.950. The Balaban J connectivity index is 1.22. The zero-order valence-corrected chi connectivity index (χ0v) is 25.4. The Morgan fingerprint density at radius 1 is 0.977 bits per heavy atom. The third kappa shape index (κ3) is 7.68. The maximum Gasteiger partial charge on any atom is 0.313 e. The third-order valence-corrected chi connectivity index (χ3v) is 7.97. The second-order valence-electron chi connectivity index (χ2n) is 10.2. The first-order valence-corrected chi connectivity index (χ1v) is 14.9. The molecule has 1 aliphatic heterocycles. The van der Waals surface area contributed by atoms with Gasteiger partial charge < -0.3 is 30.2 Å². The molecular formula is C32H31Cl2FN4O5. The van der Waals surface area contributed by atoms with E-state index >= 15 is 4.39 Å². The van der Waals surface area contributed by atoms with Gasteiger partial charge in [0.15, 0.2) is 23.1 Å². The Morgan fingerprint density at radius 2 is 1.75 bits per heavy atom. The number of carbonyl (C=O) groups excluding carboxylic acids is 2. The molecule has 0 aliphatic carbocycles. The van der Waals surface area contributed by atoms with Gasteiger partial charge >= 0.3 is 11.8 Å². The minimum Gasteiger partial charge on any atom is -0.493 e. The molecule has 0 atom stereocenters. The Kier molecular flexibility index (Phi) is 10.4. The summed E-state index contributed by atoms with van der Waals surface area (Å²) in [5, 5.41) is 9.78. The van der Waals surface area contributed by atoms with Gasteiger partial charge in [-0.2, -0.15) is 0 Å².